The summed E-state index contributed by atoms with van der Waals surface area (Å²) >= 11 is 0. The minimum Gasteiger partial charge on any atom is -0.497 e. The molecule has 0 aliphatic carbocycles. The number of aromatic amines is 1. The molecule has 2 amide bonds. The third kappa shape index (κ3) is 3.63. The summed E-state index contributed by atoms with van der Waals surface area (Å²) in [7, 11) is 1.61. The van der Waals surface area contributed by atoms with E-state index in [-0.39, 0.29) is 24.9 Å². The Bertz CT molecular complexity index is 1450. The highest BCUT2D eigenvalue weighted by molar-refractivity contribution is 5.97. The number of nitrogens with zero attached hydrogens (tertiary/aromatic N) is 2. The van der Waals surface area contributed by atoms with E-state index in [1.807, 2.05) is 72.8 Å². The summed E-state index contributed by atoms with van der Waals surface area (Å²) in [6.45, 7) is -0.00124. The van der Waals surface area contributed by atoms with Crippen LogP contribution in [0.5, 0.6) is 5.75 Å². The number of carbonyl (C=O) groups excluding carboxylic acids is 2. The Balaban J connectivity index is 1.42. The second-order valence-electron chi connectivity index (χ2n) is 9.41. The maximum Gasteiger partial charge on any atom is 0.246 e. The van der Waals surface area contributed by atoms with Crippen molar-refractivity contribution in [1.82, 2.24) is 14.8 Å². The van der Waals surface area contributed by atoms with E-state index >= 15 is 0 Å². The molecule has 6 rings (SSSR count). The number of piperazine rings is 1. The number of carbonyl (C=O) groups is 2. The molecule has 3 atom stereocenters. The van der Waals surface area contributed by atoms with Crippen LogP contribution in [0.2, 0.25) is 0 Å². The Hall–Kier alpha value is -4.10. The Morgan fingerprint density at radius 1 is 1.03 bits per heavy atom. The van der Waals surface area contributed by atoms with Gasteiger partial charge in [-0.1, -0.05) is 60.7 Å². The summed E-state index contributed by atoms with van der Waals surface area (Å²) in [5.41, 5.74) is 4.56. The number of aromatic nitrogens is 1. The number of hydrogen-bond donors (Lipinski definition) is 2. The van der Waals surface area contributed by atoms with Crippen molar-refractivity contribution in [3.8, 4) is 5.75 Å². The number of benzene rings is 3. The van der Waals surface area contributed by atoms with Gasteiger partial charge in [-0.15, -0.1) is 0 Å². The normalized spacial score (nSPS) is 20.3. The van der Waals surface area contributed by atoms with E-state index in [1.165, 1.54) is 4.90 Å². The summed E-state index contributed by atoms with van der Waals surface area (Å²) in [5, 5.41) is 11.8. The van der Waals surface area contributed by atoms with Crippen LogP contribution in [0.3, 0.4) is 0 Å². The Kier molecular flexibility index (Phi) is 5.49. The lowest BCUT2D eigenvalue weighted by atomic mass is 9.86. The van der Waals surface area contributed by atoms with Crippen LogP contribution in [0.25, 0.3) is 10.9 Å². The number of methoxy groups -OCH3 is 1. The summed E-state index contributed by atoms with van der Waals surface area (Å²) in [4.78, 5) is 34.3. The van der Waals surface area contributed by atoms with Crippen molar-refractivity contribution in [3.05, 3.63) is 101 Å². The third-order valence-corrected chi connectivity index (χ3v) is 7.33. The number of aliphatic hydroxyl groups is 1. The molecule has 1 fully saturated rings. The fraction of sp³-hybridized carbons (Fsp3) is 0.241. The zero-order valence-corrected chi connectivity index (χ0v) is 19.9. The van der Waals surface area contributed by atoms with Gasteiger partial charge in [0.1, 0.15) is 11.8 Å². The van der Waals surface area contributed by atoms with Crippen molar-refractivity contribution in [2.75, 3.05) is 20.2 Å². The highest BCUT2D eigenvalue weighted by atomic mass is 16.5. The molecule has 0 radical (unpaired) electrons. The van der Waals surface area contributed by atoms with Crippen LogP contribution in [0.1, 0.15) is 34.5 Å². The van der Waals surface area contributed by atoms with Crippen molar-refractivity contribution < 1.29 is 19.4 Å². The number of nitrogens with one attached hydrogen (secondary N) is 1. The maximum absolute atomic E-state index is 13.8. The van der Waals surface area contributed by atoms with Gasteiger partial charge in [-0.2, -0.15) is 0 Å². The number of hydrogen-bond acceptors (Lipinski definition) is 4. The van der Waals surface area contributed by atoms with E-state index in [0.29, 0.717) is 12.2 Å². The van der Waals surface area contributed by atoms with Crippen LogP contribution in [-0.2, 0) is 16.0 Å². The molecule has 36 heavy (non-hydrogen) atoms. The van der Waals surface area contributed by atoms with Crippen LogP contribution in [0.4, 0.5) is 0 Å². The van der Waals surface area contributed by atoms with E-state index in [9.17, 15) is 14.7 Å². The number of ether oxygens (including phenoxy) is 1. The average Bonchev–Trinajstić information content (AvgIpc) is 3.29. The number of para-hydroxylation sites is 1. The molecule has 0 spiro atoms. The Labute approximate surface area is 208 Å². The third-order valence-electron chi connectivity index (χ3n) is 7.33. The number of rotatable bonds is 5. The molecule has 182 valence electrons. The summed E-state index contributed by atoms with van der Waals surface area (Å²) in [5.74, 6) is 0.404. The fourth-order valence-corrected chi connectivity index (χ4v) is 5.63. The molecule has 4 aromatic rings. The molecule has 0 saturated carbocycles. The van der Waals surface area contributed by atoms with Gasteiger partial charge in [0, 0.05) is 23.0 Å². The molecule has 1 saturated heterocycles. The van der Waals surface area contributed by atoms with Gasteiger partial charge in [0.25, 0.3) is 0 Å². The second-order valence-corrected chi connectivity index (χ2v) is 9.41. The van der Waals surface area contributed by atoms with Gasteiger partial charge in [-0.25, -0.2) is 0 Å². The molecule has 0 bridgehead atoms. The number of β-amino-alcohol motifs (C(OH)–C–C–N with tert-alkyl or cyclic N) is 1. The topological polar surface area (TPSA) is 85.9 Å². The van der Waals surface area contributed by atoms with Gasteiger partial charge in [0.15, 0.2) is 0 Å². The van der Waals surface area contributed by atoms with Crippen LogP contribution in [0.15, 0.2) is 78.9 Å². The lowest BCUT2D eigenvalue weighted by Gasteiger charge is -2.47. The minimum absolute atomic E-state index is 0.0729. The van der Waals surface area contributed by atoms with Crippen molar-refractivity contribution in [3.63, 3.8) is 0 Å². The first-order valence-electron chi connectivity index (χ1n) is 12.1. The van der Waals surface area contributed by atoms with E-state index in [1.54, 1.807) is 12.0 Å². The lowest BCUT2D eigenvalue weighted by Crippen LogP contribution is -2.63. The van der Waals surface area contributed by atoms with E-state index < -0.39 is 18.2 Å². The molecule has 7 nitrogen and oxygen atoms in total. The quantitative estimate of drug-likeness (QED) is 0.456. The maximum atomic E-state index is 13.8. The summed E-state index contributed by atoms with van der Waals surface area (Å²) in [6.07, 6.45) is -0.446. The highest BCUT2D eigenvalue weighted by Gasteiger charge is 2.48. The first kappa shape index (κ1) is 22.4. The molecule has 3 heterocycles. The van der Waals surface area contributed by atoms with Crippen molar-refractivity contribution in [1.29, 1.82) is 0 Å². The predicted octanol–water partition coefficient (Wildman–Crippen LogP) is 3.60. The van der Waals surface area contributed by atoms with Crippen molar-refractivity contribution >= 4 is 22.7 Å². The smallest absolute Gasteiger partial charge is 0.246 e. The standard InChI is InChI=1S/C29H27N3O4/c1-36-20-11-7-10-19(14-20)28-27-22(21-12-5-6-13-23(21)30-27)15-24-29(35)31(17-26(34)32(24)28)16-25(33)18-8-3-2-4-9-18/h2-14,24-25,28,30,33H,15-17H2,1H3/t24-,25-,28-/m0/s1. The van der Waals surface area contributed by atoms with Gasteiger partial charge < -0.3 is 24.6 Å². The number of fused-ring (bicyclic) bond motifs is 4. The van der Waals surface area contributed by atoms with E-state index in [4.69, 9.17) is 4.74 Å². The first-order chi connectivity index (χ1) is 17.5. The monoisotopic (exact) mass is 481 g/mol. The number of aliphatic hydroxyl groups excluding tert-OH is 1. The average molecular weight is 482 g/mol. The van der Waals surface area contributed by atoms with Gasteiger partial charge in [0.05, 0.1) is 32.3 Å². The second kappa shape index (κ2) is 8.84. The Morgan fingerprint density at radius 3 is 2.61 bits per heavy atom. The van der Waals surface area contributed by atoms with Crippen LogP contribution in [0, 0.1) is 0 Å². The molecule has 2 aliphatic heterocycles. The van der Waals surface area contributed by atoms with E-state index in [2.05, 4.69) is 11.1 Å². The summed E-state index contributed by atoms with van der Waals surface area (Å²) < 4.78 is 5.46. The van der Waals surface area contributed by atoms with Crippen molar-refractivity contribution in [2.24, 2.45) is 0 Å². The first-order valence-corrected chi connectivity index (χ1v) is 12.1. The molecule has 3 aromatic carbocycles. The van der Waals surface area contributed by atoms with Crippen molar-refractivity contribution in [2.45, 2.75) is 24.6 Å². The zero-order valence-electron chi connectivity index (χ0n) is 19.9. The van der Waals surface area contributed by atoms with Crippen LogP contribution in [-0.4, -0.2) is 57.9 Å². The van der Waals surface area contributed by atoms with Gasteiger partial charge in [-0.3, -0.25) is 9.59 Å². The molecule has 1 aromatic heterocycles. The largest absolute Gasteiger partial charge is 0.497 e. The fourth-order valence-electron chi connectivity index (χ4n) is 5.63. The zero-order chi connectivity index (χ0) is 24.8. The number of H-pyrrole nitrogens is 1. The molecular formula is C29H27N3O4. The summed E-state index contributed by atoms with van der Waals surface area (Å²) in [6, 6.07) is 23.8. The lowest BCUT2D eigenvalue weighted by molar-refractivity contribution is -0.159. The van der Waals surface area contributed by atoms with Crippen LogP contribution >= 0.6 is 0 Å². The van der Waals surface area contributed by atoms with E-state index in [0.717, 1.165) is 33.3 Å². The molecular weight excluding hydrogens is 454 g/mol. The minimum atomic E-state index is -0.865. The molecule has 0 unspecified atom stereocenters. The molecule has 2 N–H and O–H groups in total. The molecule has 2 aliphatic rings. The van der Waals surface area contributed by atoms with Gasteiger partial charge in [0.2, 0.25) is 11.8 Å². The predicted molar refractivity (Wildman–Crippen MR) is 135 cm³/mol. The Morgan fingerprint density at radius 2 is 1.81 bits per heavy atom. The SMILES string of the molecule is COc1cccc([C@H]2c3[nH]c4ccccc4c3C[C@H]3C(=O)N(C[C@H](O)c4ccccc4)CC(=O)N23)c1. The van der Waals surface area contributed by atoms with Gasteiger partial charge in [-0.05, 0) is 34.9 Å². The number of amides is 2. The molecule has 7 heteroatoms. The van der Waals surface area contributed by atoms with Gasteiger partial charge >= 0.3 is 0 Å². The highest BCUT2D eigenvalue weighted by Crippen LogP contribution is 2.43. The van der Waals surface area contributed by atoms with Crippen LogP contribution < -0.4 is 4.74 Å².